The number of hydrogen-bond acceptors (Lipinski definition) is 4. The molecule has 1 aromatic rings. The zero-order chi connectivity index (χ0) is 18.0. The largest absolute Gasteiger partial charge is 0.344 e. The van der Waals surface area contributed by atoms with Gasteiger partial charge in [-0.05, 0) is 25.0 Å². The SMILES string of the molecule is O=C(CSc1ccc(F)cc1F)NN1C(=O)NC2(CCCCC2)C1=O. The van der Waals surface area contributed by atoms with Crippen LogP contribution in [0, 0.1) is 11.6 Å². The van der Waals surface area contributed by atoms with Crippen LogP contribution in [-0.2, 0) is 9.59 Å². The van der Waals surface area contributed by atoms with E-state index in [0.29, 0.717) is 17.9 Å². The Hall–Kier alpha value is -2.16. The second-order valence-corrected chi connectivity index (χ2v) is 7.13. The fourth-order valence-corrected chi connectivity index (χ4v) is 3.82. The van der Waals surface area contributed by atoms with Crippen LogP contribution in [0.25, 0.3) is 0 Å². The quantitative estimate of drug-likeness (QED) is 0.631. The average Bonchev–Trinajstić information content (AvgIpc) is 2.79. The highest BCUT2D eigenvalue weighted by molar-refractivity contribution is 8.00. The molecule has 1 saturated heterocycles. The molecule has 1 spiro atoms. The van der Waals surface area contributed by atoms with Crippen molar-refractivity contribution in [3.05, 3.63) is 29.8 Å². The summed E-state index contributed by atoms with van der Waals surface area (Å²) in [4.78, 5) is 36.7. The molecule has 0 radical (unpaired) electrons. The molecule has 0 aromatic heterocycles. The lowest BCUT2D eigenvalue weighted by Crippen LogP contribution is -2.51. The lowest BCUT2D eigenvalue weighted by molar-refractivity contribution is -0.139. The number of hydrazine groups is 1. The molecular weight excluding hydrogens is 352 g/mol. The molecule has 2 N–H and O–H groups in total. The molecule has 0 bridgehead atoms. The van der Waals surface area contributed by atoms with Crippen LogP contribution >= 0.6 is 11.8 Å². The minimum atomic E-state index is -0.918. The Labute approximate surface area is 147 Å². The van der Waals surface area contributed by atoms with Gasteiger partial charge >= 0.3 is 6.03 Å². The molecule has 4 amide bonds. The first-order chi connectivity index (χ1) is 11.9. The number of imide groups is 1. The molecule has 134 valence electrons. The molecule has 25 heavy (non-hydrogen) atoms. The summed E-state index contributed by atoms with van der Waals surface area (Å²) in [6.07, 6.45) is 3.80. The van der Waals surface area contributed by atoms with E-state index in [9.17, 15) is 23.2 Å². The van der Waals surface area contributed by atoms with Gasteiger partial charge in [0.2, 0.25) is 5.91 Å². The fraction of sp³-hybridized carbons (Fsp3) is 0.438. The van der Waals surface area contributed by atoms with Gasteiger partial charge in [-0.15, -0.1) is 11.8 Å². The van der Waals surface area contributed by atoms with Crippen LogP contribution in [-0.4, -0.2) is 34.1 Å². The van der Waals surface area contributed by atoms with Crippen LogP contribution in [0.1, 0.15) is 32.1 Å². The molecule has 0 atom stereocenters. The van der Waals surface area contributed by atoms with E-state index < -0.39 is 35.0 Å². The van der Waals surface area contributed by atoms with Crippen molar-refractivity contribution in [1.29, 1.82) is 0 Å². The van der Waals surface area contributed by atoms with Gasteiger partial charge in [-0.1, -0.05) is 19.3 Å². The summed E-state index contributed by atoms with van der Waals surface area (Å²) in [6.45, 7) is 0. The number of urea groups is 1. The van der Waals surface area contributed by atoms with Gasteiger partial charge in [-0.3, -0.25) is 15.0 Å². The minimum absolute atomic E-state index is 0.109. The van der Waals surface area contributed by atoms with E-state index in [1.54, 1.807) is 0 Å². The molecule has 1 aliphatic carbocycles. The van der Waals surface area contributed by atoms with E-state index in [2.05, 4.69) is 10.7 Å². The lowest BCUT2D eigenvalue weighted by Gasteiger charge is -2.30. The zero-order valence-corrected chi connectivity index (χ0v) is 14.1. The minimum Gasteiger partial charge on any atom is -0.322 e. The van der Waals surface area contributed by atoms with Gasteiger partial charge < -0.3 is 5.32 Å². The maximum Gasteiger partial charge on any atom is 0.344 e. The average molecular weight is 369 g/mol. The maximum absolute atomic E-state index is 13.5. The third-order valence-electron chi connectivity index (χ3n) is 4.36. The highest BCUT2D eigenvalue weighted by Crippen LogP contribution is 2.33. The molecule has 0 unspecified atom stereocenters. The molecule has 1 aliphatic heterocycles. The second-order valence-electron chi connectivity index (χ2n) is 6.11. The fourth-order valence-electron chi connectivity index (χ4n) is 3.11. The van der Waals surface area contributed by atoms with Crippen molar-refractivity contribution in [3.8, 4) is 0 Å². The lowest BCUT2D eigenvalue weighted by atomic mass is 9.82. The number of amides is 4. The zero-order valence-electron chi connectivity index (χ0n) is 13.3. The molecule has 9 heteroatoms. The molecule has 1 saturated carbocycles. The van der Waals surface area contributed by atoms with Gasteiger partial charge in [-0.25, -0.2) is 13.6 Å². The first-order valence-corrected chi connectivity index (χ1v) is 8.94. The summed E-state index contributed by atoms with van der Waals surface area (Å²) in [6, 6.07) is 2.39. The maximum atomic E-state index is 13.5. The molecule has 3 rings (SSSR count). The first-order valence-electron chi connectivity index (χ1n) is 7.95. The molecule has 1 heterocycles. The van der Waals surface area contributed by atoms with Crippen LogP contribution < -0.4 is 10.7 Å². The van der Waals surface area contributed by atoms with E-state index in [-0.39, 0.29) is 10.6 Å². The van der Waals surface area contributed by atoms with Crippen molar-refractivity contribution in [2.24, 2.45) is 0 Å². The van der Waals surface area contributed by atoms with Crippen LogP contribution in [0.15, 0.2) is 23.1 Å². The van der Waals surface area contributed by atoms with Gasteiger partial charge in [0.1, 0.15) is 17.2 Å². The van der Waals surface area contributed by atoms with Gasteiger partial charge in [0.25, 0.3) is 5.91 Å². The van der Waals surface area contributed by atoms with Gasteiger partial charge in [-0.2, -0.15) is 5.01 Å². The van der Waals surface area contributed by atoms with Crippen molar-refractivity contribution in [1.82, 2.24) is 15.8 Å². The summed E-state index contributed by atoms with van der Waals surface area (Å²) in [5.74, 6) is -2.77. The predicted molar refractivity (Wildman–Crippen MR) is 86.4 cm³/mol. The Kier molecular flexibility index (Phi) is 4.94. The number of carbonyl (C=O) groups excluding carboxylic acids is 3. The number of nitrogens with zero attached hydrogens (tertiary/aromatic N) is 1. The number of thioether (sulfide) groups is 1. The van der Waals surface area contributed by atoms with E-state index in [4.69, 9.17) is 0 Å². The van der Waals surface area contributed by atoms with Crippen molar-refractivity contribution in [3.63, 3.8) is 0 Å². The third-order valence-corrected chi connectivity index (χ3v) is 5.41. The Bertz CT molecular complexity index is 723. The summed E-state index contributed by atoms with van der Waals surface area (Å²) in [7, 11) is 0. The number of nitrogens with one attached hydrogen (secondary N) is 2. The highest BCUT2D eigenvalue weighted by Gasteiger charge is 2.52. The van der Waals surface area contributed by atoms with Gasteiger partial charge in [0.15, 0.2) is 0 Å². The normalized spacial score (nSPS) is 19.2. The monoisotopic (exact) mass is 369 g/mol. The smallest absolute Gasteiger partial charge is 0.322 e. The Morgan fingerprint density at radius 1 is 1.24 bits per heavy atom. The predicted octanol–water partition coefficient (Wildman–Crippen LogP) is 2.34. The Balaban J connectivity index is 1.59. The van der Waals surface area contributed by atoms with E-state index in [0.717, 1.165) is 43.2 Å². The molecule has 2 fully saturated rings. The topological polar surface area (TPSA) is 78.5 Å². The summed E-state index contributed by atoms with van der Waals surface area (Å²) >= 11 is 0.853. The van der Waals surface area contributed by atoms with Crippen LogP contribution in [0.5, 0.6) is 0 Å². The number of rotatable bonds is 4. The third kappa shape index (κ3) is 3.60. The van der Waals surface area contributed by atoms with Crippen molar-refractivity contribution >= 4 is 29.6 Å². The van der Waals surface area contributed by atoms with Gasteiger partial charge in [0, 0.05) is 11.0 Å². The summed E-state index contributed by atoms with van der Waals surface area (Å²) in [5, 5.41) is 3.38. The van der Waals surface area contributed by atoms with Gasteiger partial charge in [0.05, 0.1) is 5.75 Å². The van der Waals surface area contributed by atoms with E-state index in [1.807, 2.05) is 0 Å². The molecule has 1 aromatic carbocycles. The van der Waals surface area contributed by atoms with Crippen molar-refractivity contribution < 1.29 is 23.2 Å². The van der Waals surface area contributed by atoms with Crippen LogP contribution in [0.3, 0.4) is 0 Å². The Morgan fingerprint density at radius 3 is 2.64 bits per heavy atom. The molecule has 2 aliphatic rings. The number of carbonyl (C=O) groups is 3. The number of hydrogen-bond donors (Lipinski definition) is 2. The standard InChI is InChI=1S/C16H17F2N3O3S/c17-10-4-5-12(11(18)8-10)25-9-13(22)20-21-14(23)16(19-15(21)24)6-2-1-3-7-16/h4-5,8H,1-3,6-7,9H2,(H,19,24)(H,20,22). The summed E-state index contributed by atoms with van der Waals surface area (Å²) in [5.41, 5.74) is 1.35. The Morgan fingerprint density at radius 2 is 1.96 bits per heavy atom. The van der Waals surface area contributed by atoms with E-state index in [1.165, 1.54) is 6.07 Å². The van der Waals surface area contributed by atoms with E-state index >= 15 is 0 Å². The van der Waals surface area contributed by atoms with Crippen LogP contribution in [0.4, 0.5) is 13.6 Å². The van der Waals surface area contributed by atoms with Crippen molar-refractivity contribution in [2.75, 3.05) is 5.75 Å². The second kappa shape index (κ2) is 6.99. The van der Waals surface area contributed by atoms with Crippen molar-refractivity contribution in [2.45, 2.75) is 42.5 Å². The molecular formula is C16H17F2N3O3S. The summed E-state index contributed by atoms with van der Waals surface area (Å²) < 4.78 is 26.4. The number of halogens is 2. The first kappa shape index (κ1) is 17.7. The molecule has 6 nitrogen and oxygen atoms in total. The highest BCUT2D eigenvalue weighted by atomic mass is 32.2. The van der Waals surface area contributed by atoms with Crippen LogP contribution in [0.2, 0.25) is 0 Å². The number of benzene rings is 1.